The van der Waals surface area contributed by atoms with Crippen LogP contribution in [0.4, 0.5) is 13.2 Å². The molecule has 1 saturated heterocycles. The minimum absolute atomic E-state index is 0.00454. The van der Waals surface area contributed by atoms with E-state index in [2.05, 4.69) is 45.5 Å². The highest BCUT2D eigenvalue weighted by molar-refractivity contribution is 9.10. The van der Waals surface area contributed by atoms with E-state index in [4.69, 9.17) is 14.2 Å². The number of imidazole rings is 1. The van der Waals surface area contributed by atoms with Crippen LogP contribution in [-0.2, 0) is 16.2 Å². The maximum atomic E-state index is 14.5. The second-order valence-electron chi connectivity index (χ2n) is 8.29. The molecule has 0 saturated carbocycles. The van der Waals surface area contributed by atoms with Gasteiger partial charge in [-0.15, -0.1) is 0 Å². The minimum atomic E-state index is -3.16. The molecular formula is C18H25BrF3N3O3Si. The first-order valence-corrected chi connectivity index (χ1v) is 14.0. The molecule has 0 bridgehead atoms. The van der Waals surface area contributed by atoms with E-state index in [0.717, 1.165) is 6.04 Å². The van der Waals surface area contributed by atoms with Crippen LogP contribution in [0.2, 0.25) is 25.7 Å². The van der Waals surface area contributed by atoms with Gasteiger partial charge in [0, 0.05) is 20.7 Å². The SMILES string of the molecule is CC[C@H]1OC[C@@H](Oc2nc3nc(Br)c(F)cc3n2COCC[Si](C)(C)C)C1(F)F. The molecule has 0 amide bonds. The Bertz CT molecular complexity index is 875. The molecule has 1 aliphatic heterocycles. The zero-order valence-corrected chi connectivity index (χ0v) is 19.4. The molecule has 0 N–H and O–H groups in total. The zero-order valence-electron chi connectivity index (χ0n) is 16.8. The summed E-state index contributed by atoms with van der Waals surface area (Å²) in [5.74, 6) is -3.75. The third kappa shape index (κ3) is 4.94. The van der Waals surface area contributed by atoms with Gasteiger partial charge in [-0.1, -0.05) is 26.6 Å². The number of fused-ring (bicyclic) bond motifs is 1. The lowest BCUT2D eigenvalue weighted by atomic mass is 10.1. The highest BCUT2D eigenvalue weighted by atomic mass is 79.9. The molecule has 29 heavy (non-hydrogen) atoms. The first-order valence-electron chi connectivity index (χ1n) is 9.49. The molecule has 2 atom stereocenters. The molecule has 0 aliphatic carbocycles. The van der Waals surface area contributed by atoms with Gasteiger partial charge in [0.15, 0.2) is 17.6 Å². The summed E-state index contributed by atoms with van der Waals surface area (Å²) in [5.41, 5.74) is 0.485. The molecule has 6 nitrogen and oxygen atoms in total. The van der Waals surface area contributed by atoms with Crippen LogP contribution in [0.15, 0.2) is 10.7 Å². The Morgan fingerprint density at radius 2 is 2.07 bits per heavy atom. The number of ether oxygens (including phenoxy) is 3. The van der Waals surface area contributed by atoms with Crippen molar-refractivity contribution < 1.29 is 27.4 Å². The fourth-order valence-electron chi connectivity index (χ4n) is 2.99. The fraction of sp³-hybridized carbons (Fsp3) is 0.667. The van der Waals surface area contributed by atoms with Crippen LogP contribution in [0.3, 0.4) is 0 Å². The smallest absolute Gasteiger partial charge is 0.311 e. The molecule has 0 aromatic carbocycles. The summed E-state index contributed by atoms with van der Waals surface area (Å²) < 4.78 is 60.9. The molecule has 0 unspecified atom stereocenters. The van der Waals surface area contributed by atoms with Crippen molar-refractivity contribution in [3.63, 3.8) is 0 Å². The number of halogens is 4. The summed E-state index contributed by atoms with van der Waals surface area (Å²) in [6, 6.07) is 2.07. The average Bonchev–Trinajstić information content (AvgIpc) is 3.08. The Balaban J connectivity index is 1.87. The Kier molecular flexibility index (Phi) is 6.61. The van der Waals surface area contributed by atoms with Crippen LogP contribution in [0.25, 0.3) is 11.2 Å². The fourth-order valence-corrected chi connectivity index (χ4v) is 4.03. The van der Waals surface area contributed by atoms with Gasteiger partial charge in [-0.3, -0.25) is 4.57 Å². The molecule has 1 aliphatic rings. The van der Waals surface area contributed by atoms with E-state index in [1.165, 1.54) is 10.6 Å². The number of nitrogens with zero attached hydrogens (tertiary/aromatic N) is 3. The van der Waals surface area contributed by atoms with Gasteiger partial charge in [-0.05, 0) is 28.4 Å². The number of hydrogen-bond donors (Lipinski definition) is 0. The van der Waals surface area contributed by atoms with Crippen LogP contribution in [0.1, 0.15) is 13.3 Å². The van der Waals surface area contributed by atoms with E-state index in [9.17, 15) is 13.2 Å². The molecule has 3 heterocycles. The second-order valence-corrected chi connectivity index (χ2v) is 14.7. The van der Waals surface area contributed by atoms with Crippen molar-refractivity contribution in [1.82, 2.24) is 14.5 Å². The van der Waals surface area contributed by atoms with E-state index in [1.807, 2.05) is 0 Å². The minimum Gasteiger partial charge on any atom is -0.452 e. The van der Waals surface area contributed by atoms with Crippen LogP contribution in [-0.4, -0.2) is 54.0 Å². The van der Waals surface area contributed by atoms with E-state index in [-0.39, 0.29) is 36.0 Å². The summed E-state index contributed by atoms with van der Waals surface area (Å²) in [6.07, 6.45) is -2.52. The predicted molar refractivity (Wildman–Crippen MR) is 109 cm³/mol. The number of alkyl halides is 2. The van der Waals surface area contributed by atoms with Crippen molar-refractivity contribution in [2.45, 2.75) is 63.9 Å². The predicted octanol–water partition coefficient (Wildman–Crippen LogP) is 4.84. The molecule has 2 aromatic heterocycles. The lowest BCUT2D eigenvalue weighted by Crippen LogP contribution is -2.41. The summed E-state index contributed by atoms with van der Waals surface area (Å²) in [5, 5.41) is 0. The van der Waals surface area contributed by atoms with Crippen LogP contribution in [0, 0.1) is 5.82 Å². The zero-order chi connectivity index (χ0) is 21.4. The summed E-state index contributed by atoms with van der Waals surface area (Å²) in [7, 11) is -1.30. The maximum Gasteiger partial charge on any atom is 0.311 e. The van der Waals surface area contributed by atoms with Crippen molar-refractivity contribution in [2.24, 2.45) is 0 Å². The van der Waals surface area contributed by atoms with E-state index >= 15 is 0 Å². The van der Waals surface area contributed by atoms with Gasteiger partial charge >= 0.3 is 11.9 Å². The summed E-state index contributed by atoms with van der Waals surface area (Å²) in [4.78, 5) is 8.22. The normalized spacial score (nSPS) is 21.8. The van der Waals surface area contributed by atoms with Crippen LogP contribution < -0.4 is 4.74 Å². The Hall–Kier alpha value is -1.17. The van der Waals surface area contributed by atoms with Crippen molar-refractivity contribution in [3.05, 3.63) is 16.5 Å². The molecule has 2 aromatic rings. The number of rotatable bonds is 8. The number of pyridine rings is 1. The van der Waals surface area contributed by atoms with Gasteiger partial charge in [-0.25, -0.2) is 9.37 Å². The molecule has 11 heteroatoms. The molecule has 0 spiro atoms. The van der Waals surface area contributed by atoms with Gasteiger partial charge in [0.25, 0.3) is 0 Å². The maximum absolute atomic E-state index is 14.5. The lowest BCUT2D eigenvalue weighted by molar-refractivity contribution is -0.107. The van der Waals surface area contributed by atoms with Crippen molar-refractivity contribution in [2.75, 3.05) is 13.2 Å². The topological polar surface area (TPSA) is 58.4 Å². The second kappa shape index (κ2) is 8.52. The highest BCUT2D eigenvalue weighted by Gasteiger charge is 2.55. The van der Waals surface area contributed by atoms with Crippen LogP contribution >= 0.6 is 15.9 Å². The third-order valence-corrected chi connectivity index (χ3v) is 7.02. The summed E-state index contributed by atoms with van der Waals surface area (Å²) in [6.45, 7) is 8.54. The van der Waals surface area contributed by atoms with E-state index in [0.29, 0.717) is 12.1 Å². The monoisotopic (exact) mass is 495 g/mol. The Labute approximate surface area is 176 Å². The van der Waals surface area contributed by atoms with Crippen LogP contribution in [0.5, 0.6) is 6.01 Å². The van der Waals surface area contributed by atoms with E-state index in [1.54, 1.807) is 6.92 Å². The molecule has 162 valence electrons. The standard InChI is InChI=1S/C18H25BrF3N3O3Si/c1-5-13-18(21,22)14(9-27-13)28-17-24-16-12(8-11(20)15(19)23-16)25(17)10-26-6-7-29(2,3)4/h8,13-14H,5-7,9-10H2,1-4H3/t13-,14-/m1/s1. The Morgan fingerprint density at radius 1 is 1.34 bits per heavy atom. The molecule has 1 fully saturated rings. The molecule has 3 rings (SSSR count). The van der Waals surface area contributed by atoms with Crippen molar-refractivity contribution in [1.29, 1.82) is 0 Å². The first-order chi connectivity index (χ1) is 13.5. The number of aromatic nitrogens is 3. The quantitative estimate of drug-likeness (QED) is 0.298. The van der Waals surface area contributed by atoms with Gasteiger partial charge < -0.3 is 14.2 Å². The largest absolute Gasteiger partial charge is 0.452 e. The third-order valence-electron chi connectivity index (χ3n) is 4.76. The molecular weight excluding hydrogens is 471 g/mol. The van der Waals surface area contributed by atoms with Crippen molar-refractivity contribution in [3.8, 4) is 6.01 Å². The van der Waals surface area contributed by atoms with Gasteiger partial charge in [0.05, 0.1) is 12.1 Å². The highest BCUT2D eigenvalue weighted by Crippen LogP contribution is 2.37. The van der Waals surface area contributed by atoms with E-state index < -0.39 is 32.0 Å². The summed E-state index contributed by atoms with van der Waals surface area (Å²) >= 11 is 3.02. The van der Waals surface area contributed by atoms with Gasteiger partial charge in [0.2, 0.25) is 0 Å². The first kappa shape index (κ1) is 22.5. The average molecular weight is 496 g/mol. The lowest BCUT2D eigenvalue weighted by Gasteiger charge is -2.22. The van der Waals surface area contributed by atoms with Gasteiger partial charge in [0.1, 0.15) is 17.4 Å². The molecule has 0 radical (unpaired) electrons. The number of hydrogen-bond acceptors (Lipinski definition) is 5. The Morgan fingerprint density at radius 3 is 2.69 bits per heavy atom. The van der Waals surface area contributed by atoms with Gasteiger partial charge in [-0.2, -0.15) is 13.8 Å². The van der Waals surface area contributed by atoms with Crippen molar-refractivity contribution >= 4 is 35.2 Å².